The summed E-state index contributed by atoms with van der Waals surface area (Å²) in [6.07, 6.45) is 2.38. The molecule has 2 aliphatic heterocycles. The van der Waals surface area contributed by atoms with E-state index in [2.05, 4.69) is 262 Å². The van der Waals surface area contributed by atoms with Crippen molar-refractivity contribution < 1.29 is 4.42 Å². The molecular weight excluding hydrogens is 840 g/mol. The maximum absolute atomic E-state index is 6.96. The maximum atomic E-state index is 6.96. The van der Waals surface area contributed by atoms with Gasteiger partial charge in [-0.05, 0) is 135 Å². The molecule has 334 valence electrons. The van der Waals surface area contributed by atoms with Crippen molar-refractivity contribution in [2.75, 3.05) is 14.7 Å². The molecule has 2 aliphatic rings. The molecule has 0 saturated carbocycles. The fourth-order valence-corrected chi connectivity index (χ4v) is 11.3. The molecule has 0 fully saturated rings. The molecule has 0 radical (unpaired) electrons. The van der Waals surface area contributed by atoms with Crippen LogP contribution in [-0.4, -0.2) is 11.1 Å². The summed E-state index contributed by atoms with van der Waals surface area (Å²) in [5, 5.41) is 4.61. The Bertz CT molecular complexity index is 3850. The highest BCUT2D eigenvalue weighted by Crippen LogP contribution is 2.49. The molecular formula is C63H53BN4O. The Morgan fingerprint density at radius 1 is 0.493 bits per heavy atom. The number of pyridine rings is 1. The van der Waals surface area contributed by atoms with Gasteiger partial charge in [0, 0.05) is 62.0 Å². The Hall–Kier alpha value is -7.96. The van der Waals surface area contributed by atoms with Crippen LogP contribution in [0, 0.1) is 6.92 Å². The van der Waals surface area contributed by atoms with Crippen LogP contribution in [0.15, 0.2) is 199 Å². The van der Waals surface area contributed by atoms with Crippen LogP contribution >= 0.6 is 0 Å². The molecule has 0 bridgehead atoms. The molecule has 13 rings (SSSR count). The first kappa shape index (κ1) is 41.2. The molecule has 0 amide bonds. The first-order chi connectivity index (χ1) is 33.4. The van der Waals surface area contributed by atoms with E-state index in [9.17, 15) is 0 Å². The van der Waals surface area contributed by atoms with Crippen LogP contribution in [0.3, 0.4) is 0 Å². The van der Waals surface area contributed by atoms with E-state index in [1.165, 1.54) is 60.9 Å². The molecule has 0 unspecified atom stereocenters. The summed E-state index contributed by atoms with van der Waals surface area (Å²) in [5.41, 5.74) is 19.4. The molecule has 0 N–H and O–H groups in total. The van der Waals surface area contributed by atoms with Gasteiger partial charge in [-0.1, -0.05) is 151 Å². The van der Waals surface area contributed by atoms with Crippen LogP contribution in [0.2, 0.25) is 0 Å². The average molecular weight is 893 g/mol. The fourth-order valence-electron chi connectivity index (χ4n) is 11.3. The van der Waals surface area contributed by atoms with E-state index in [0.717, 1.165) is 61.8 Å². The third kappa shape index (κ3) is 6.38. The van der Waals surface area contributed by atoms with E-state index in [-0.39, 0.29) is 17.5 Å². The minimum atomic E-state index is -0.0733. The summed E-state index contributed by atoms with van der Waals surface area (Å²) in [6.45, 7) is 15.9. The number of furan rings is 1. The van der Waals surface area contributed by atoms with E-state index >= 15 is 0 Å². The lowest BCUT2D eigenvalue weighted by molar-refractivity contribution is 0.586. The minimum absolute atomic E-state index is 0.0182. The predicted molar refractivity (Wildman–Crippen MR) is 293 cm³/mol. The number of aromatic nitrogens is 1. The lowest BCUT2D eigenvalue weighted by atomic mass is 9.34. The van der Waals surface area contributed by atoms with Crippen molar-refractivity contribution in [3.05, 3.63) is 211 Å². The monoisotopic (exact) mass is 892 g/mol. The lowest BCUT2D eigenvalue weighted by Crippen LogP contribution is -2.61. The number of para-hydroxylation sites is 3. The van der Waals surface area contributed by atoms with Crippen molar-refractivity contribution >= 4 is 113 Å². The predicted octanol–water partition coefficient (Wildman–Crippen LogP) is 15.4. The minimum Gasteiger partial charge on any atom is -0.454 e. The van der Waals surface area contributed by atoms with E-state index in [1.807, 2.05) is 0 Å². The van der Waals surface area contributed by atoms with Gasteiger partial charge in [-0.15, -0.1) is 0 Å². The van der Waals surface area contributed by atoms with Crippen LogP contribution < -0.4 is 31.1 Å². The Balaban J connectivity index is 1.13. The molecule has 0 saturated heterocycles. The van der Waals surface area contributed by atoms with Gasteiger partial charge in [0.15, 0.2) is 5.58 Å². The van der Waals surface area contributed by atoms with Gasteiger partial charge in [0.1, 0.15) is 11.4 Å². The molecule has 0 spiro atoms. The molecule has 3 aromatic heterocycles. The number of hydrogen-bond acceptors (Lipinski definition) is 4. The van der Waals surface area contributed by atoms with Gasteiger partial charge in [-0.25, -0.2) is 0 Å². The average Bonchev–Trinajstić information content (AvgIpc) is 3.93. The summed E-state index contributed by atoms with van der Waals surface area (Å²) >= 11 is 0. The molecule has 6 heteroatoms. The SMILES string of the molecule is Cc1cc2c3c(c1)N(c1ccccc1)c1c(cc4ccc(C(C)(C)C)cn14)B3c1ccc(N(c3ccc(C(C)(C)C)cc3)c3cccc4ccccc34)cc1N2c1cccc2c1oc1ccccc12. The number of benzene rings is 8. The first-order valence-electron chi connectivity index (χ1n) is 24.3. The number of fused-ring (bicyclic) bond motifs is 10. The van der Waals surface area contributed by atoms with Crippen molar-refractivity contribution in [1.29, 1.82) is 0 Å². The zero-order valence-corrected chi connectivity index (χ0v) is 40.2. The van der Waals surface area contributed by atoms with Crippen LogP contribution in [-0.2, 0) is 10.8 Å². The second kappa shape index (κ2) is 15.0. The fraction of sp³-hybridized carbons (Fsp3) is 0.143. The molecule has 0 aliphatic carbocycles. The standard InChI is InChI=1S/C63H53BN4O/c1-40-35-56-59-57(36-40)68(54-25-16-23-50-49-22-13-14-26-58(49)69-60(50)54)55-38-47(66(45-30-27-42(28-31-45)62(2,3)4)53-24-15-18-41-17-11-12-21-48(41)53)33-34-51(55)64(59)52-37-46-32-29-43(63(5,6)7)39-65(46)61(52)67(56)44-19-9-8-10-20-44/h8-39H,1-7H3. The largest absolute Gasteiger partial charge is 0.454 e. The van der Waals surface area contributed by atoms with Crippen molar-refractivity contribution in [3.63, 3.8) is 0 Å². The lowest BCUT2D eigenvalue weighted by Gasteiger charge is -2.43. The third-order valence-electron chi connectivity index (χ3n) is 14.7. The smallest absolute Gasteiger partial charge is 0.254 e. The second-order valence-corrected chi connectivity index (χ2v) is 21.2. The van der Waals surface area contributed by atoms with Crippen LogP contribution in [0.4, 0.5) is 51.3 Å². The zero-order chi connectivity index (χ0) is 46.9. The van der Waals surface area contributed by atoms with Crippen molar-refractivity contribution in [1.82, 2.24) is 4.40 Å². The maximum Gasteiger partial charge on any atom is 0.254 e. The van der Waals surface area contributed by atoms with Gasteiger partial charge < -0.3 is 18.6 Å². The Kier molecular flexibility index (Phi) is 8.98. The van der Waals surface area contributed by atoms with E-state index in [4.69, 9.17) is 4.42 Å². The second-order valence-electron chi connectivity index (χ2n) is 21.2. The van der Waals surface area contributed by atoms with Crippen LogP contribution in [0.5, 0.6) is 0 Å². The Morgan fingerprint density at radius 2 is 1.14 bits per heavy atom. The summed E-state index contributed by atoms with van der Waals surface area (Å²) in [4.78, 5) is 7.48. The van der Waals surface area contributed by atoms with E-state index < -0.39 is 0 Å². The van der Waals surface area contributed by atoms with Crippen LogP contribution in [0.25, 0.3) is 38.2 Å². The summed E-state index contributed by atoms with van der Waals surface area (Å²) in [7, 11) is 0. The van der Waals surface area contributed by atoms with E-state index in [1.54, 1.807) is 0 Å². The highest BCUT2D eigenvalue weighted by atomic mass is 16.3. The molecule has 11 aromatic rings. The third-order valence-corrected chi connectivity index (χ3v) is 14.7. The van der Waals surface area contributed by atoms with Crippen LogP contribution in [0.1, 0.15) is 58.2 Å². The topological polar surface area (TPSA) is 27.3 Å². The van der Waals surface area contributed by atoms with Crippen molar-refractivity contribution in [2.45, 2.75) is 59.3 Å². The number of anilines is 9. The number of nitrogens with zero attached hydrogens (tertiary/aromatic N) is 4. The van der Waals surface area contributed by atoms with Gasteiger partial charge in [-0.3, -0.25) is 4.90 Å². The summed E-state index contributed by atoms with van der Waals surface area (Å²) < 4.78 is 9.41. The Morgan fingerprint density at radius 3 is 1.93 bits per heavy atom. The highest BCUT2D eigenvalue weighted by molar-refractivity contribution is 7.00. The number of aryl methyl sites for hydroxylation is 1. The quantitative estimate of drug-likeness (QED) is 0.161. The van der Waals surface area contributed by atoms with Gasteiger partial charge in [0.25, 0.3) is 6.71 Å². The summed E-state index contributed by atoms with van der Waals surface area (Å²) in [6, 6.07) is 69.7. The van der Waals surface area contributed by atoms with Gasteiger partial charge >= 0.3 is 0 Å². The van der Waals surface area contributed by atoms with E-state index in [0.29, 0.717) is 0 Å². The van der Waals surface area contributed by atoms with Gasteiger partial charge in [-0.2, -0.15) is 0 Å². The van der Waals surface area contributed by atoms with Crippen molar-refractivity contribution in [2.24, 2.45) is 0 Å². The Labute approximate surface area is 404 Å². The van der Waals surface area contributed by atoms with Crippen molar-refractivity contribution in [3.8, 4) is 0 Å². The highest BCUT2D eigenvalue weighted by Gasteiger charge is 2.45. The summed E-state index contributed by atoms with van der Waals surface area (Å²) in [5.74, 6) is 1.18. The first-order valence-corrected chi connectivity index (χ1v) is 24.3. The molecule has 69 heavy (non-hydrogen) atoms. The zero-order valence-electron chi connectivity index (χ0n) is 40.2. The molecule has 0 atom stereocenters. The van der Waals surface area contributed by atoms with Gasteiger partial charge in [0.05, 0.1) is 11.4 Å². The normalized spacial score (nSPS) is 13.3. The number of rotatable bonds is 5. The molecule has 5 nitrogen and oxygen atoms in total. The number of hydrogen-bond donors (Lipinski definition) is 0. The van der Waals surface area contributed by atoms with Gasteiger partial charge in [0.2, 0.25) is 0 Å². The molecule has 5 heterocycles. The molecule has 8 aromatic carbocycles.